The van der Waals surface area contributed by atoms with Crippen molar-refractivity contribution >= 4 is 23.2 Å². The molecule has 0 saturated heterocycles. The molecule has 1 nitrogen and oxygen atoms in total. The van der Waals surface area contributed by atoms with Crippen LogP contribution in [0.4, 0.5) is 0 Å². The third-order valence-electron chi connectivity index (χ3n) is 4.26. The second-order valence-electron chi connectivity index (χ2n) is 5.98. The molecule has 1 N–H and O–H groups in total. The van der Waals surface area contributed by atoms with E-state index in [1.165, 1.54) is 44.1 Å². The minimum atomic E-state index is 0.539. The van der Waals surface area contributed by atoms with Crippen LogP contribution in [0.15, 0.2) is 18.2 Å². The van der Waals surface area contributed by atoms with Crippen LogP contribution in [-0.2, 0) is 6.42 Å². The van der Waals surface area contributed by atoms with Crippen LogP contribution in [0.1, 0.15) is 51.0 Å². The van der Waals surface area contributed by atoms with E-state index in [4.69, 9.17) is 23.2 Å². The van der Waals surface area contributed by atoms with Gasteiger partial charge in [-0.25, -0.2) is 0 Å². The second-order valence-corrected chi connectivity index (χ2v) is 6.82. The number of nitrogens with one attached hydrogen (secondary N) is 1. The van der Waals surface area contributed by atoms with Gasteiger partial charge in [-0.2, -0.15) is 0 Å². The normalized spacial score (nSPS) is 17.6. The van der Waals surface area contributed by atoms with Crippen LogP contribution < -0.4 is 5.32 Å². The van der Waals surface area contributed by atoms with Crippen molar-refractivity contribution in [3.05, 3.63) is 33.8 Å². The molecule has 112 valence electrons. The first-order valence-corrected chi connectivity index (χ1v) is 8.62. The van der Waals surface area contributed by atoms with E-state index in [0.29, 0.717) is 11.1 Å². The zero-order valence-electron chi connectivity index (χ0n) is 12.3. The molecule has 1 unspecified atom stereocenters. The van der Waals surface area contributed by atoms with Crippen LogP contribution in [0.3, 0.4) is 0 Å². The van der Waals surface area contributed by atoms with Crippen molar-refractivity contribution in [2.24, 2.45) is 5.92 Å². The summed E-state index contributed by atoms with van der Waals surface area (Å²) in [5.41, 5.74) is 1.21. The van der Waals surface area contributed by atoms with Gasteiger partial charge in [0, 0.05) is 16.1 Å². The Bertz CT molecular complexity index is 413. The van der Waals surface area contributed by atoms with Crippen molar-refractivity contribution in [1.29, 1.82) is 0 Å². The van der Waals surface area contributed by atoms with Gasteiger partial charge in [-0.15, -0.1) is 0 Å². The molecule has 1 aromatic rings. The van der Waals surface area contributed by atoms with Crippen LogP contribution >= 0.6 is 23.2 Å². The van der Waals surface area contributed by atoms with Crippen LogP contribution in [0, 0.1) is 5.92 Å². The molecule has 0 amide bonds. The highest BCUT2D eigenvalue weighted by Crippen LogP contribution is 2.30. The highest BCUT2D eigenvalue weighted by molar-refractivity contribution is 6.35. The Hall–Kier alpha value is -0.240. The molecular weight excluding hydrogens is 289 g/mol. The lowest BCUT2D eigenvalue weighted by Crippen LogP contribution is -2.33. The summed E-state index contributed by atoms with van der Waals surface area (Å²) in [5.74, 6) is 0.899. The number of hydrogen-bond acceptors (Lipinski definition) is 1. The maximum absolute atomic E-state index is 6.31. The van der Waals surface area contributed by atoms with Gasteiger partial charge < -0.3 is 5.32 Å². The average Bonchev–Trinajstić information content (AvgIpc) is 2.92. The third kappa shape index (κ3) is 4.95. The molecule has 1 atom stereocenters. The van der Waals surface area contributed by atoms with Gasteiger partial charge in [0.15, 0.2) is 0 Å². The Morgan fingerprint density at radius 2 is 2.00 bits per heavy atom. The molecule has 1 aromatic carbocycles. The fraction of sp³-hybridized carbons (Fsp3) is 0.647. The van der Waals surface area contributed by atoms with Gasteiger partial charge in [-0.05, 0) is 49.4 Å². The predicted octanol–water partition coefficient (Wildman–Crippen LogP) is 5.48. The Morgan fingerprint density at radius 1 is 1.25 bits per heavy atom. The molecule has 0 radical (unpaired) electrons. The van der Waals surface area contributed by atoms with Crippen LogP contribution in [0.2, 0.25) is 10.0 Å². The minimum Gasteiger partial charge on any atom is -0.314 e. The van der Waals surface area contributed by atoms with Crippen molar-refractivity contribution in [3.63, 3.8) is 0 Å². The first kappa shape index (κ1) is 16.1. The van der Waals surface area contributed by atoms with E-state index >= 15 is 0 Å². The Kier molecular flexibility index (Phi) is 6.67. The van der Waals surface area contributed by atoms with E-state index in [9.17, 15) is 0 Å². The van der Waals surface area contributed by atoms with E-state index in [1.807, 2.05) is 12.1 Å². The molecule has 1 aliphatic rings. The molecule has 0 aliphatic heterocycles. The van der Waals surface area contributed by atoms with Gasteiger partial charge in [0.1, 0.15) is 0 Å². The molecule has 1 saturated carbocycles. The number of hydrogen-bond donors (Lipinski definition) is 1. The van der Waals surface area contributed by atoms with Gasteiger partial charge in [0.25, 0.3) is 0 Å². The van der Waals surface area contributed by atoms with Crippen LogP contribution in [-0.4, -0.2) is 12.6 Å². The highest BCUT2D eigenvalue weighted by atomic mass is 35.5. The van der Waals surface area contributed by atoms with E-state index in [1.54, 1.807) is 0 Å². The van der Waals surface area contributed by atoms with Gasteiger partial charge in [-0.3, -0.25) is 0 Å². The molecule has 1 fully saturated rings. The molecule has 0 aromatic heterocycles. The SMILES string of the molecule is CCCNC(Cc1ccc(Cl)cc1Cl)CC1CCCC1. The average molecular weight is 314 g/mol. The van der Waals surface area contributed by atoms with Crippen molar-refractivity contribution in [3.8, 4) is 0 Å². The third-order valence-corrected chi connectivity index (χ3v) is 4.84. The summed E-state index contributed by atoms with van der Waals surface area (Å²) in [6.45, 7) is 3.30. The topological polar surface area (TPSA) is 12.0 Å². The fourth-order valence-electron chi connectivity index (χ4n) is 3.19. The van der Waals surface area contributed by atoms with Gasteiger partial charge >= 0.3 is 0 Å². The predicted molar refractivity (Wildman–Crippen MR) is 88.8 cm³/mol. The largest absolute Gasteiger partial charge is 0.314 e. The maximum atomic E-state index is 6.31. The quantitative estimate of drug-likeness (QED) is 0.702. The summed E-state index contributed by atoms with van der Waals surface area (Å²) in [4.78, 5) is 0. The van der Waals surface area contributed by atoms with Gasteiger partial charge in [-0.1, -0.05) is 61.9 Å². The van der Waals surface area contributed by atoms with E-state index in [-0.39, 0.29) is 0 Å². The second kappa shape index (κ2) is 8.26. The molecular formula is C17H25Cl2N. The summed E-state index contributed by atoms with van der Waals surface area (Å²) in [6.07, 6.45) is 9.08. The van der Waals surface area contributed by atoms with Crippen molar-refractivity contribution in [1.82, 2.24) is 5.32 Å². The summed E-state index contributed by atoms with van der Waals surface area (Å²) < 4.78 is 0. The zero-order chi connectivity index (χ0) is 14.4. The lowest BCUT2D eigenvalue weighted by Gasteiger charge is -2.22. The smallest absolute Gasteiger partial charge is 0.0453 e. The minimum absolute atomic E-state index is 0.539. The molecule has 2 rings (SSSR count). The number of benzene rings is 1. The molecule has 0 heterocycles. The van der Waals surface area contributed by atoms with Gasteiger partial charge in [0.2, 0.25) is 0 Å². The molecule has 20 heavy (non-hydrogen) atoms. The Labute approximate surface area is 133 Å². The molecule has 3 heteroatoms. The zero-order valence-corrected chi connectivity index (χ0v) is 13.8. The van der Waals surface area contributed by atoms with Crippen LogP contribution in [0.5, 0.6) is 0 Å². The fourth-order valence-corrected chi connectivity index (χ4v) is 3.67. The Morgan fingerprint density at radius 3 is 2.65 bits per heavy atom. The Balaban J connectivity index is 1.97. The summed E-state index contributed by atoms with van der Waals surface area (Å²) in [5, 5.41) is 5.21. The summed E-state index contributed by atoms with van der Waals surface area (Å²) in [6, 6.07) is 6.40. The summed E-state index contributed by atoms with van der Waals surface area (Å²) in [7, 11) is 0. The number of rotatable bonds is 7. The lowest BCUT2D eigenvalue weighted by atomic mass is 9.94. The van der Waals surface area contributed by atoms with Crippen LogP contribution in [0.25, 0.3) is 0 Å². The molecule has 1 aliphatic carbocycles. The van der Waals surface area contributed by atoms with E-state index in [0.717, 1.165) is 23.9 Å². The lowest BCUT2D eigenvalue weighted by molar-refractivity contribution is 0.385. The molecule has 0 spiro atoms. The van der Waals surface area contributed by atoms with E-state index < -0.39 is 0 Å². The van der Waals surface area contributed by atoms with Crippen molar-refractivity contribution < 1.29 is 0 Å². The van der Waals surface area contributed by atoms with Crippen molar-refractivity contribution in [2.45, 2.75) is 57.9 Å². The maximum Gasteiger partial charge on any atom is 0.0453 e. The monoisotopic (exact) mass is 313 g/mol. The standard InChI is InChI=1S/C17H25Cl2N/c1-2-9-20-16(10-13-5-3-4-6-13)11-14-7-8-15(18)12-17(14)19/h7-8,12-13,16,20H,2-6,9-11H2,1H3. The van der Waals surface area contributed by atoms with Crippen molar-refractivity contribution in [2.75, 3.05) is 6.54 Å². The highest BCUT2D eigenvalue weighted by Gasteiger charge is 2.20. The summed E-state index contributed by atoms with van der Waals surface area (Å²) >= 11 is 12.3. The van der Waals surface area contributed by atoms with Gasteiger partial charge in [0.05, 0.1) is 0 Å². The first-order valence-electron chi connectivity index (χ1n) is 7.86. The van der Waals surface area contributed by atoms with E-state index in [2.05, 4.69) is 18.3 Å². The molecule has 0 bridgehead atoms. The first-order chi connectivity index (χ1) is 9.69. The number of halogens is 2.